The molecule has 1 unspecified atom stereocenters. The fourth-order valence-corrected chi connectivity index (χ4v) is 3.73. The van der Waals surface area contributed by atoms with Crippen molar-refractivity contribution >= 4 is 17.4 Å². The molecule has 3 heteroatoms. The number of benzene rings is 2. The van der Waals surface area contributed by atoms with Crippen molar-refractivity contribution in [1.82, 2.24) is 0 Å². The molecule has 2 aromatic rings. The Morgan fingerprint density at radius 1 is 1.21 bits per heavy atom. The van der Waals surface area contributed by atoms with Crippen molar-refractivity contribution in [3.8, 4) is 0 Å². The number of thioether (sulfide) groups is 1. The van der Waals surface area contributed by atoms with Crippen molar-refractivity contribution in [3.63, 3.8) is 0 Å². The molecule has 1 aliphatic heterocycles. The van der Waals surface area contributed by atoms with Gasteiger partial charge >= 0.3 is 0 Å². The normalized spacial score (nSPS) is 17.3. The monoisotopic (exact) mass is 273 g/mol. The molecule has 1 atom stereocenters. The highest BCUT2D eigenvalue weighted by Crippen LogP contribution is 2.39. The smallest absolute Gasteiger partial charge is 0.146 e. The molecular formula is C16H16FNS. The van der Waals surface area contributed by atoms with Crippen LogP contribution in [0.4, 0.5) is 10.1 Å². The van der Waals surface area contributed by atoms with E-state index in [1.807, 2.05) is 24.8 Å². The van der Waals surface area contributed by atoms with Crippen LogP contribution < -0.4 is 5.32 Å². The Balaban J connectivity index is 1.75. The molecular weight excluding hydrogens is 257 g/mol. The molecule has 0 saturated carbocycles. The number of hydrogen-bond acceptors (Lipinski definition) is 2. The summed E-state index contributed by atoms with van der Waals surface area (Å²) in [6.07, 6.45) is 0. The average molecular weight is 273 g/mol. The molecule has 0 radical (unpaired) electrons. The van der Waals surface area contributed by atoms with Crippen LogP contribution in [0.3, 0.4) is 0 Å². The minimum atomic E-state index is -0.168. The van der Waals surface area contributed by atoms with Gasteiger partial charge in [0, 0.05) is 23.1 Å². The highest BCUT2D eigenvalue weighted by Gasteiger charge is 2.22. The Kier molecular flexibility index (Phi) is 3.47. The molecule has 1 aliphatic rings. The van der Waals surface area contributed by atoms with Gasteiger partial charge in [-0.2, -0.15) is 0 Å². The van der Waals surface area contributed by atoms with E-state index in [9.17, 15) is 4.39 Å². The van der Waals surface area contributed by atoms with Crippen molar-refractivity contribution < 1.29 is 4.39 Å². The van der Waals surface area contributed by atoms with Gasteiger partial charge in [0.2, 0.25) is 0 Å². The van der Waals surface area contributed by atoms with Gasteiger partial charge in [0.1, 0.15) is 5.82 Å². The zero-order valence-corrected chi connectivity index (χ0v) is 11.6. The number of rotatable bonds is 3. The van der Waals surface area contributed by atoms with Crippen LogP contribution in [0.15, 0.2) is 47.4 Å². The zero-order valence-electron chi connectivity index (χ0n) is 10.8. The summed E-state index contributed by atoms with van der Waals surface area (Å²) in [5, 5.41) is 3.28. The van der Waals surface area contributed by atoms with Gasteiger partial charge < -0.3 is 5.32 Å². The van der Waals surface area contributed by atoms with Crippen LogP contribution in [-0.2, 0) is 0 Å². The highest BCUT2D eigenvalue weighted by molar-refractivity contribution is 7.99. The number of anilines is 1. The van der Waals surface area contributed by atoms with Gasteiger partial charge in [-0.1, -0.05) is 30.3 Å². The molecule has 0 spiro atoms. The number of nitrogens with one attached hydrogen (secondary N) is 1. The first-order chi connectivity index (χ1) is 9.25. The molecule has 1 heterocycles. The Labute approximate surface area is 117 Å². The van der Waals surface area contributed by atoms with Gasteiger partial charge in [-0.15, -0.1) is 11.8 Å². The molecule has 0 fully saturated rings. The Hall–Kier alpha value is -1.48. The SMILES string of the molecule is Cc1cccc(F)c1NCC1CSc2ccccc21. The molecule has 0 aliphatic carbocycles. The second-order valence-electron chi connectivity index (χ2n) is 4.86. The van der Waals surface area contributed by atoms with Gasteiger partial charge in [0.25, 0.3) is 0 Å². The molecule has 1 N–H and O–H groups in total. The van der Waals surface area contributed by atoms with Crippen LogP contribution in [0.2, 0.25) is 0 Å². The average Bonchev–Trinajstić information content (AvgIpc) is 2.82. The van der Waals surface area contributed by atoms with Crippen molar-refractivity contribution in [2.75, 3.05) is 17.6 Å². The van der Waals surface area contributed by atoms with Crippen LogP contribution in [0.5, 0.6) is 0 Å². The summed E-state index contributed by atoms with van der Waals surface area (Å²) in [5.74, 6) is 1.36. The van der Waals surface area contributed by atoms with E-state index in [0.717, 1.165) is 17.9 Å². The number of para-hydroxylation sites is 1. The van der Waals surface area contributed by atoms with Gasteiger partial charge in [0.05, 0.1) is 5.69 Å². The summed E-state index contributed by atoms with van der Waals surface area (Å²) >= 11 is 1.89. The third-order valence-corrected chi connectivity index (χ3v) is 4.80. The third-order valence-electron chi connectivity index (χ3n) is 3.55. The second kappa shape index (κ2) is 5.25. The maximum Gasteiger partial charge on any atom is 0.146 e. The largest absolute Gasteiger partial charge is 0.382 e. The van der Waals surface area contributed by atoms with E-state index in [4.69, 9.17) is 0 Å². The molecule has 0 bridgehead atoms. The standard InChI is InChI=1S/C16H16FNS/c1-11-5-4-7-14(17)16(11)18-9-12-10-19-15-8-3-2-6-13(12)15/h2-8,12,18H,9-10H2,1H3. The molecule has 0 saturated heterocycles. The minimum absolute atomic E-state index is 0.168. The zero-order chi connectivity index (χ0) is 13.2. The molecule has 1 nitrogen and oxygen atoms in total. The number of halogens is 1. The van der Waals surface area contributed by atoms with Crippen LogP contribution in [0, 0.1) is 12.7 Å². The lowest BCUT2D eigenvalue weighted by Crippen LogP contribution is -2.13. The van der Waals surface area contributed by atoms with Gasteiger partial charge in [0.15, 0.2) is 0 Å². The molecule has 0 amide bonds. The first-order valence-corrected chi connectivity index (χ1v) is 7.45. The summed E-state index contributed by atoms with van der Waals surface area (Å²) in [7, 11) is 0. The predicted molar refractivity (Wildman–Crippen MR) is 79.5 cm³/mol. The minimum Gasteiger partial charge on any atom is -0.382 e. The Morgan fingerprint density at radius 2 is 2.05 bits per heavy atom. The van der Waals surface area contributed by atoms with Crippen molar-refractivity contribution in [3.05, 3.63) is 59.4 Å². The van der Waals surface area contributed by atoms with Crippen molar-refractivity contribution in [1.29, 1.82) is 0 Å². The summed E-state index contributed by atoms with van der Waals surface area (Å²) in [6, 6.07) is 13.7. The third kappa shape index (κ3) is 2.47. The number of aryl methyl sites for hydroxylation is 1. The molecule has 3 rings (SSSR count). The van der Waals surface area contributed by atoms with Crippen molar-refractivity contribution in [2.45, 2.75) is 17.7 Å². The molecule has 98 valence electrons. The first-order valence-electron chi connectivity index (χ1n) is 6.46. The van der Waals surface area contributed by atoms with E-state index in [2.05, 4.69) is 29.6 Å². The molecule has 2 aromatic carbocycles. The maximum atomic E-state index is 13.8. The van der Waals surface area contributed by atoms with Gasteiger partial charge in [-0.3, -0.25) is 0 Å². The summed E-state index contributed by atoms with van der Waals surface area (Å²) in [6.45, 7) is 2.72. The topological polar surface area (TPSA) is 12.0 Å². The fourth-order valence-electron chi connectivity index (χ4n) is 2.48. The quantitative estimate of drug-likeness (QED) is 0.887. The Morgan fingerprint density at radius 3 is 2.89 bits per heavy atom. The van der Waals surface area contributed by atoms with Gasteiger partial charge in [-0.25, -0.2) is 4.39 Å². The van der Waals surface area contributed by atoms with E-state index >= 15 is 0 Å². The molecule has 19 heavy (non-hydrogen) atoms. The lowest BCUT2D eigenvalue weighted by Gasteiger charge is -2.15. The fraction of sp³-hybridized carbons (Fsp3) is 0.250. The van der Waals surface area contributed by atoms with E-state index in [0.29, 0.717) is 11.6 Å². The van der Waals surface area contributed by atoms with E-state index < -0.39 is 0 Å². The van der Waals surface area contributed by atoms with E-state index in [1.165, 1.54) is 16.5 Å². The van der Waals surface area contributed by atoms with Gasteiger partial charge in [-0.05, 0) is 30.2 Å². The summed E-state index contributed by atoms with van der Waals surface area (Å²) in [4.78, 5) is 1.36. The van der Waals surface area contributed by atoms with Crippen LogP contribution >= 0.6 is 11.8 Å². The maximum absolute atomic E-state index is 13.8. The second-order valence-corrected chi connectivity index (χ2v) is 5.92. The summed E-state index contributed by atoms with van der Waals surface area (Å²) in [5.41, 5.74) is 2.98. The van der Waals surface area contributed by atoms with Crippen LogP contribution in [-0.4, -0.2) is 12.3 Å². The number of fused-ring (bicyclic) bond motifs is 1. The number of hydrogen-bond donors (Lipinski definition) is 1. The first kappa shape index (κ1) is 12.5. The van der Waals surface area contributed by atoms with Crippen LogP contribution in [0.25, 0.3) is 0 Å². The highest BCUT2D eigenvalue weighted by atomic mass is 32.2. The lowest BCUT2D eigenvalue weighted by atomic mass is 10.0. The molecule has 0 aromatic heterocycles. The van der Waals surface area contributed by atoms with Crippen LogP contribution in [0.1, 0.15) is 17.0 Å². The Bertz CT molecular complexity index is 577. The van der Waals surface area contributed by atoms with E-state index in [-0.39, 0.29) is 5.82 Å². The van der Waals surface area contributed by atoms with Crippen molar-refractivity contribution in [2.24, 2.45) is 0 Å². The predicted octanol–water partition coefficient (Wildman–Crippen LogP) is 4.44. The van der Waals surface area contributed by atoms with E-state index in [1.54, 1.807) is 6.07 Å². The summed E-state index contributed by atoms with van der Waals surface area (Å²) < 4.78 is 13.8. The lowest BCUT2D eigenvalue weighted by molar-refractivity contribution is 0.627.